The minimum Gasteiger partial charge on any atom is -0.309 e. The molecule has 7 heteroatoms. The summed E-state index contributed by atoms with van der Waals surface area (Å²) in [6, 6.07) is 6.90. The van der Waals surface area contributed by atoms with Gasteiger partial charge in [0.2, 0.25) is 11.0 Å². The normalized spacial score (nSPS) is 10.8. The Hall–Kier alpha value is -1.80. The van der Waals surface area contributed by atoms with Crippen molar-refractivity contribution in [1.29, 1.82) is 0 Å². The average molecular weight is 338 g/mol. The number of hydrogen-bond acceptors (Lipinski definition) is 2. The molecule has 0 aliphatic carbocycles. The van der Waals surface area contributed by atoms with Crippen molar-refractivity contribution in [2.24, 2.45) is 0 Å². The van der Waals surface area contributed by atoms with Crippen LogP contribution in [0.3, 0.4) is 0 Å². The van der Waals surface area contributed by atoms with Crippen LogP contribution in [0.2, 0.25) is 15.3 Å². The maximum Gasteiger partial charge on any atom is 0.205 e. The molecule has 2 aromatic heterocycles. The van der Waals surface area contributed by atoms with Crippen LogP contribution in [0.15, 0.2) is 30.5 Å². The van der Waals surface area contributed by atoms with E-state index < -0.39 is 0 Å². The van der Waals surface area contributed by atoms with Gasteiger partial charge in [0.05, 0.1) is 39.9 Å². The first-order valence-corrected chi connectivity index (χ1v) is 7.05. The summed E-state index contributed by atoms with van der Waals surface area (Å²) in [6.45, 7) is 7.35. The predicted molar refractivity (Wildman–Crippen MR) is 84.4 cm³/mol. The second kappa shape index (κ2) is 5.53. The third-order valence-corrected chi connectivity index (χ3v) is 4.01. The monoisotopic (exact) mass is 336 g/mol. The number of hydrogen-bond donors (Lipinski definition) is 0. The van der Waals surface area contributed by atoms with Crippen LogP contribution in [0.1, 0.15) is 5.69 Å². The Morgan fingerprint density at radius 3 is 2.57 bits per heavy atom. The highest BCUT2D eigenvalue weighted by atomic mass is 35.5. The van der Waals surface area contributed by atoms with Crippen molar-refractivity contribution in [3.05, 3.63) is 62.9 Å². The minimum absolute atomic E-state index is 0.333. The molecule has 0 bridgehead atoms. The van der Waals surface area contributed by atoms with Gasteiger partial charge < -0.3 is 4.57 Å². The van der Waals surface area contributed by atoms with Gasteiger partial charge in [-0.3, -0.25) is 4.98 Å². The van der Waals surface area contributed by atoms with E-state index >= 15 is 0 Å². The molecule has 3 rings (SSSR count). The summed E-state index contributed by atoms with van der Waals surface area (Å²) in [5.74, 6) is 0. The first kappa shape index (κ1) is 14.2. The van der Waals surface area contributed by atoms with E-state index in [1.165, 1.54) is 6.20 Å². The molecule has 0 unspecified atom stereocenters. The van der Waals surface area contributed by atoms with Crippen LogP contribution in [0, 0.1) is 6.57 Å². The van der Waals surface area contributed by atoms with Gasteiger partial charge in [0, 0.05) is 6.20 Å². The van der Waals surface area contributed by atoms with Gasteiger partial charge >= 0.3 is 0 Å². The molecular formula is C14H7Cl3N4. The lowest BCUT2D eigenvalue weighted by Gasteiger charge is -2.06. The number of aromatic nitrogens is 3. The summed E-state index contributed by atoms with van der Waals surface area (Å²) >= 11 is 18.2. The molecule has 0 radical (unpaired) electrons. The molecule has 1 aromatic carbocycles. The Balaban J connectivity index is 2.05. The topological polar surface area (TPSA) is 35.1 Å². The predicted octanol–water partition coefficient (Wildman–Crippen LogP) is 4.99. The number of imidazole rings is 1. The van der Waals surface area contributed by atoms with Crippen LogP contribution >= 0.6 is 34.8 Å². The Morgan fingerprint density at radius 1 is 1.14 bits per heavy atom. The number of pyridine rings is 1. The molecule has 0 saturated carbocycles. The van der Waals surface area contributed by atoms with Crippen molar-refractivity contribution in [2.75, 3.05) is 0 Å². The zero-order valence-corrected chi connectivity index (χ0v) is 12.8. The summed E-state index contributed by atoms with van der Waals surface area (Å²) in [4.78, 5) is 11.8. The highest BCUT2D eigenvalue weighted by Crippen LogP contribution is 2.30. The van der Waals surface area contributed by atoms with E-state index in [0.29, 0.717) is 33.1 Å². The summed E-state index contributed by atoms with van der Waals surface area (Å²) in [5.41, 5.74) is 2.72. The van der Waals surface area contributed by atoms with Gasteiger partial charge in [-0.2, -0.15) is 0 Å². The zero-order chi connectivity index (χ0) is 15.0. The van der Waals surface area contributed by atoms with E-state index in [4.69, 9.17) is 41.4 Å². The van der Waals surface area contributed by atoms with Gasteiger partial charge in [-0.25, -0.2) is 9.83 Å². The standard InChI is InChI=1S/C14H7Cl3N4/c1-18-8-2-3-9(19-6-8)7-21-13-5-11(16)10(15)4-12(13)20-14(21)17/h2-6H,7H2. The van der Waals surface area contributed by atoms with Gasteiger partial charge in [-0.1, -0.05) is 29.3 Å². The maximum absolute atomic E-state index is 6.92. The van der Waals surface area contributed by atoms with Gasteiger partial charge in [-0.05, 0) is 29.8 Å². The highest BCUT2D eigenvalue weighted by molar-refractivity contribution is 6.42. The Kier molecular flexibility index (Phi) is 3.73. The molecule has 0 N–H and O–H groups in total. The number of nitrogens with zero attached hydrogens (tertiary/aromatic N) is 4. The fraction of sp³-hybridized carbons (Fsp3) is 0.0714. The van der Waals surface area contributed by atoms with E-state index in [2.05, 4.69) is 14.8 Å². The van der Waals surface area contributed by atoms with E-state index in [1.54, 1.807) is 28.8 Å². The average Bonchev–Trinajstić information content (AvgIpc) is 2.76. The molecule has 104 valence electrons. The number of benzene rings is 1. The zero-order valence-electron chi connectivity index (χ0n) is 10.5. The van der Waals surface area contributed by atoms with Crippen LogP contribution in [-0.4, -0.2) is 14.5 Å². The number of halogens is 3. The smallest absolute Gasteiger partial charge is 0.205 e. The molecule has 0 amide bonds. The molecular weight excluding hydrogens is 331 g/mol. The second-order valence-electron chi connectivity index (χ2n) is 4.34. The number of fused-ring (bicyclic) bond motifs is 1. The molecule has 0 fully saturated rings. The lowest BCUT2D eigenvalue weighted by Crippen LogP contribution is -2.01. The molecule has 0 saturated heterocycles. The van der Waals surface area contributed by atoms with Crippen molar-refractivity contribution in [2.45, 2.75) is 6.54 Å². The minimum atomic E-state index is 0.333. The van der Waals surface area contributed by atoms with Gasteiger partial charge in [-0.15, -0.1) is 0 Å². The van der Waals surface area contributed by atoms with E-state index in [-0.39, 0.29) is 0 Å². The molecule has 0 spiro atoms. The van der Waals surface area contributed by atoms with Crippen molar-refractivity contribution >= 4 is 51.5 Å². The van der Waals surface area contributed by atoms with Crippen LogP contribution in [-0.2, 0) is 6.54 Å². The second-order valence-corrected chi connectivity index (χ2v) is 5.49. The largest absolute Gasteiger partial charge is 0.309 e. The fourth-order valence-electron chi connectivity index (χ4n) is 1.98. The summed E-state index contributed by atoms with van der Waals surface area (Å²) < 4.78 is 1.79. The highest BCUT2D eigenvalue weighted by Gasteiger charge is 2.12. The lowest BCUT2D eigenvalue weighted by atomic mass is 10.3. The first-order valence-electron chi connectivity index (χ1n) is 5.91. The van der Waals surface area contributed by atoms with Crippen molar-refractivity contribution in [3.8, 4) is 0 Å². The Morgan fingerprint density at radius 2 is 1.90 bits per heavy atom. The fourth-order valence-corrected chi connectivity index (χ4v) is 2.54. The van der Waals surface area contributed by atoms with Crippen LogP contribution in [0.25, 0.3) is 15.9 Å². The van der Waals surface area contributed by atoms with E-state index in [0.717, 1.165) is 11.2 Å². The van der Waals surface area contributed by atoms with Crippen molar-refractivity contribution in [1.82, 2.24) is 14.5 Å². The van der Waals surface area contributed by atoms with E-state index in [9.17, 15) is 0 Å². The summed E-state index contributed by atoms with van der Waals surface area (Å²) in [7, 11) is 0. The molecule has 0 aliphatic rings. The molecule has 21 heavy (non-hydrogen) atoms. The van der Waals surface area contributed by atoms with Crippen LogP contribution in [0.5, 0.6) is 0 Å². The van der Waals surface area contributed by atoms with Crippen LogP contribution in [0.4, 0.5) is 5.69 Å². The van der Waals surface area contributed by atoms with Crippen LogP contribution < -0.4 is 0 Å². The van der Waals surface area contributed by atoms with Gasteiger partial charge in [0.1, 0.15) is 0 Å². The molecule has 0 aliphatic heterocycles. The Labute approximate surface area is 135 Å². The molecule has 0 atom stereocenters. The Bertz CT molecular complexity index is 863. The lowest BCUT2D eigenvalue weighted by molar-refractivity contribution is 0.799. The molecule has 4 nitrogen and oxygen atoms in total. The van der Waals surface area contributed by atoms with Crippen molar-refractivity contribution in [3.63, 3.8) is 0 Å². The van der Waals surface area contributed by atoms with E-state index in [1.807, 2.05) is 0 Å². The quantitative estimate of drug-likeness (QED) is 0.617. The summed E-state index contributed by atoms with van der Waals surface area (Å²) in [5, 5.41) is 1.21. The third-order valence-electron chi connectivity index (χ3n) is 3.00. The number of rotatable bonds is 2. The van der Waals surface area contributed by atoms with Gasteiger partial charge in [0.15, 0.2) is 0 Å². The molecule has 2 heterocycles. The molecule has 3 aromatic rings. The van der Waals surface area contributed by atoms with Gasteiger partial charge in [0.25, 0.3) is 0 Å². The van der Waals surface area contributed by atoms with Crippen molar-refractivity contribution < 1.29 is 0 Å². The SMILES string of the molecule is [C-]#[N+]c1ccc(Cn2c(Cl)nc3cc(Cl)c(Cl)cc32)nc1. The summed E-state index contributed by atoms with van der Waals surface area (Å²) in [6.07, 6.45) is 1.53. The third kappa shape index (κ3) is 2.68. The maximum atomic E-state index is 6.92. The first-order chi connectivity index (χ1) is 10.1.